The molecule has 1 unspecified atom stereocenters. The summed E-state index contributed by atoms with van der Waals surface area (Å²) in [4.78, 5) is 38.1. The van der Waals surface area contributed by atoms with Gasteiger partial charge in [0.25, 0.3) is 5.91 Å². The summed E-state index contributed by atoms with van der Waals surface area (Å²) in [6.45, 7) is 0. The second-order valence-corrected chi connectivity index (χ2v) is 5.55. The highest BCUT2D eigenvalue weighted by Gasteiger charge is 2.43. The van der Waals surface area contributed by atoms with Crippen LogP contribution in [-0.2, 0) is 4.79 Å². The van der Waals surface area contributed by atoms with Gasteiger partial charge in [-0.25, -0.2) is 4.79 Å². The molecule has 2 heterocycles. The second-order valence-electron chi connectivity index (χ2n) is 4.44. The maximum absolute atomic E-state index is 12.0. The van der Waals surface area contributed by atoms with Crippen molar-refractivity contribution < 1.29 is 19.5 Å². The van der Waals surface area contributed by atoms with E-state index in [2.05, 4.69) is 10.3 Å². The Kier molecular flexibility index (Phi) is 3.93. The number of rotatable bonds is 4. The zero-order chi connectivity index (χ0) is 14.8. The molecule has 1 atom stereocenters. The number of primary amides is 1. The van der Waals surface area contributed by atoms with Crippen molar-refractivity contribution in [2.24, 2.45) is 5.73 Å². The summed E-state index contributed by atoms with van der Waals surface area (Å²) in [5.74, 6) is -1.26. The lowest BCUT2D eigenvalue weighted by Crippen LogP contribution is -2.54. The molecule has 1 fully saturated rings. The van der Waals surface area contributed by atoms with Gasteiger partial charge >= 0.3 is 5.97 Å². The summed E-state index contributed by atoms with van der Waals surface area (Å²) >= 11 is 1.48. The van der Waals surface area contributed by atoms with E-state index in [-0.39, 0.29) is 11.3 Å². The van der Waals surface area contributed by atoms with Crippen LogP contribution in [-0.4, -0.2) is 44.9 Å². The molecular weight excluding hydrogens is 282 g/mol. The first-order valence-corrected chi connectivity index (χ1v) is 6.99. The van der Waals surface area contributed by atoms with Crippen LogP contribution in [0.15, 0.2) is 18.3 Å². The highest BCUT2D eigenvalue weighted by atomic mass is 32.2. The first-order chi connectivity index (χ1) is 9.44. The van der Waals surface area contributed by atoms with Gasteiger partial charge in [0.15, 0.2) is 0 Å². The molecule has 0 aromatic carbocycles. The maximum Gasteiger partial charge on any atom is 0.330 e. The molecule has 8 heteroatoms. The standard InChI is InChI=1S/C12H13N3O4S/c13-9(16)7-1-2-8(14-5-7)10(17)15-12(11(18)19)3-4-20-6-12/h1-2,5H,3-4,6H2,(H2,13,16)(H,15,17)(H,18,19). The summed E-state index contributed by atoms with van der Waals surface area (Å²) in [6.07, 6.45) is 1.56. The largest absolute Gasteiger partial charge is 0.479 e. The number of nitrogens with one attached hydrogen (secondary N) is 1. The molecule has 20 heavy (non-hydrogen) atoms. The molecular formula is C12H13N3O4S. The SMILES string of the molecule is NC(=O)c1ccc(C(=O)NC2(C(=O)O)CCSC2)nc1. The van der Waals surface area contributed by atoms with Crippen LogP contribution in [0.1, 0.15) is 27.3 Å². The predicted molar refractivity (Wildman–Crippen MR) is 72.5 cm³/mol. The Labute approximate surface area is 118 Å². The van der Waals surface area contributed by atoms with E-state index in [1.165, 1.54) is 30.1 Å². The van der Waals surface area contributed by atoms with Crippen molar-refractivity contribution >= 4 is 29.5 Å². The first kappa shape index (κ1) is 14.3. The number of carbonyl (C=O) groups excluding carboxylic acids is 2. The second kappa shape index (κ2) is 5.49. The van der Waals surface area contributed by atoms with Gasteiger partial charge in [-0.15, -0.1) is 0 Å². The van der Waals surface area contributed by atoms with E-state index in [0.717, 1.165) is 0 Å². The molecule has 1 aliphatic rings. The molecule has 2 amide bonds. The van der Waals surface area contributed by atoms with Gasteiger partial charge in [0.05, 0.1) is 5.56 Å². The molecule has 0 saturated carbocycles. The number of carboxylic acids is 1. The molecule has 0 spiro atoms. The third-order valence-electron chi connectivity index (χ3n) is 3.06. The summed E-state index contributed by atoms with van der Waals surface area (Å²) in [5, 5.41) is 11.8. The van der Waals surface area contributed by atoms with E-state index < -0.39 is 23.3 Å². The fraction of sp³-hybridized carbons (Fsp3) is 0.333. The van der Waals surface area contributed by atoms with Crippen molar-refractivity contribution in [1.29, 1.82) is 0 Å². The van der Waals surface area contributed by atoms with Gasteiger partial charge in [-0.2, -0.15) is 11.8 Å². The number of aliphatic carboxylic acids is 1. The number of carbonyl (C=O) groups is 3. The van der Waals surface area contributed by atoms with Gasteiger partial charge in [0.1, 0.15) is 11.2 Å². The Morgan fingerprint density at radius 2 is 2.15 bits per heavy atom. The molecule has 7 nitrogen and oxygen atoms in total. The van der Waals surface area contributed by atoms with E-state index in [0.29, 0.717) is 17.9 Å². The van der Waals surface area contributed by atoms with Crippen LogP contribution in [0.4, 0.5) is 0 Å². The Balaban J connectivity index is 2.15. The van der Waals surface area contributed by atoms with Gasteiger partial charge in [0, 0.05) is 11.9 Å². The monoisotopic (exact) mass is 295 g/mol. The van der Waals surface area contributed by atoms with Gasteiger partial charge < -0.3 is 16.2 Å². The number of hydrogen-bond acceptors (Lipinski definition) is 5. The quantitative estimate of drug-likeness (QED) is 0.711. The van der Waals surface area contributed by atoms with Gasteiger partial charge in [0.2, 0.25) is 5.91 Å². The fourth-order valence-electron chi connectivity index (χ4n) is 1.84. The van der Waals surface area contributed by atoms with Crippen LogP contribution in [0, 0.1) is 0 Å². The van der Waals surface area contributed by atoms with Crippen molar-refractivity contribution in [2.75, 3.05) is 11.5 Å². The first-order valence-electron chi connectivity index (χ1n) is 5.84. The lowest BCUT2D eigenvalue weighted by Gasteiger charge is -2.24. The molecule has 2 rings (SSSR count). The third-order valence-corrected chi connectivity index (χ3v) is 4.25. The Hall–Kier alpha value is -2.09. The van der Waals surface area contributed by atoms with E-state index in [4.69, 9.17) is 5.73 Å². The number of thioether (sulfide) groups is 1. The number of pyridine rings is 1. The lowest BCUT2D eigenvalue weighted by molar-refractivity contribution is -0.143. The zero-order valence-corrected chi connectivity index (χ0v) is 11.3. The van der Waals surface area contributed by atoms with E-state index in [1.54, 1.807) is 0 Å². The average molecular weight is 295 g/mol. The van der Waals surface area contributed by atoms with Crippen LogP contribution in [0.5, 0.6) is 0 Å². The molecule has 1 saturated heterocycles. The maximum atomic E-state index is 12.0. The van der Waals surface area contributed by atoms with Crippen LogP contribution in [0.25, 0.3) is 0 Å². The third kappa shape index (κ3) is 2.74. The van der Waals surface area contributed by atoms with Crippen LogP contribution >= 0.6 is 11.8 Å². The number of nitrogens with zero attached hydrogens (tertiary/aromatic N) is 1. The fourth-order valence-corrected chi connectivity index (χ4v) is 3.17. The Bertz CT molecular complexity index is 552. The average Bonchev–Trinajstić information content (AvgIpc) is 2.88. The van der Waals surface area contributed by atoms with Crippen molar-refractivity contribution in [2.45, 2.75) is 12.0 Å². The summed E-state index contributed by atoms with van der Waals surface area (Å²) in [7, 11) is 0. The van der Waals surface area contributed by atoms with Crippen molar-refractivity contribution in [3.63, 3.8) is 0 Å². The minimum absolute atomic E-state index is 0.0486. The van der Waals surface area contributed by atoms with Crippen molar-refractivity contribution in [3.05, 3.63) is 29.6 Å². The van der Waals surface area contributed by atoms with E-state index >= 15 is 0 Å². The minimum Gasteiger partial charge on any atom is -0.479 e. The molecule has 1 aromatic heterocycles. The van der Waals surface area contributed by atoms with Gasteiger partial charge in [-0.05, 0) is 24.3 Å². The van der Waals surface area contributed by atoms with E-state index in [9.17, 15) is 19.5 Å². The number of aromatic nitrogens is 1. The number of carboxylic acid groups (broad SMARTS) is 1. The molecule has 1 aromatic rings. The Morgan fingerprint density at radius 3 is 2.60 bits per heavy atom. The molecule has 0 bridgehead atoms. The molecule has 1 aliphatic heterocycles. The van der Waals surface area contributed by atoms with Gasteiger partial charge in [-0.1, -0.05) is 0 Å². The summed E-state index contributed by atoms with van der Waals surface area (Å²) < 4.78 is 0. The predicted octanol–water partition coefficient (Wildman–Crippen LogP) is -0.129. The molecule has 4 N–H and O–H groups in total. The summed E-state index contributed by atoms with van der Waals surface area (Å²) in [6, 6.07) is 2.72. The summed E-state index contributed by atoms with van der Waals surface area (Å²) in [5.41, 5.74) is 4.06. The molecule has 0 radical (unpaired) electrons. The highest BCUT2D eigenvalue weighted by Crippen LogP contribution is 2.28. The Morgan fingerprint density at radius 1 is 1.40 bits per heavy atom. The van der Waals surface area contributed by atoms with Crippen LogP contribution in [0.2, 0.25) is 0 Å². The molecule has 106 valence electrons. The molecule has 0 aliphatic carbocycles. The smallest absolute Gasteiger partial charge is 0.330 e. The highest BCUT2D eigenvalue weighted by molar-refractivity contribution is 7.99. The normalized spacial score (nSPS) is 21.4. The minimum atomic E-state index is -1.24. The van der Waals surface area contributed by atoms with Crippen molar-refractivity contribution in [3.8, 4) is 0 Å². The number of amides is 2. The lowest BCUT2D eigenvalue weighted by atomic mass is 9.99. The van der Waals surface area contributed by atoms with Crippen LogP contribution < -0.4 is 11.1 Å². The van der Waals surface area contributed by atoms with Crippen LogP contribution in [0.3, 0.4) is 0 Å². The number of nitrogens with two attached hydrogens (primary N) is 1. The van der Waals surface area contributed by atoms with Gasteiger partial charge in [-0.3, -0.25) is 14.6 Å². The number of hydrogen-bond donors (Lipinski definition) is 3. The van der Waals surface area contributed by atoms with Crippen molar-refractivity contribution in [1.82, 2.24) is 10.3 Å². The van der Waals surface area contributed by atoms with E-state index in [1.807, 2.05) is 0 Å². The topological polar surface area (TPSA) is 122 Å². The zero-order valence-electron chi connectivity index (χ0n) is 10.5.